The molecule has 0 spiro atoms. The molecule has 70 valence electrons. The minimum Gasteiger partial charge on any atom is -0.298 e. The molecule has 1 nitrogen and oxygen atoms in total. The Bertz CT molecular complexity index is 483. The number of rotatable bonds is 3. The molecule has 0 aromatic heterocycles. The zero-order valence-corrected chi connectivity index (χ0v) is 7.61. The van der Waals surface area contributed by atoms with E-state index in [4.69, 9.17) is 21.2 Å². The van der Waals surface area contributed by atoms with Gasteiger partial charge in [-0.05, 0) is 30.4 Å². The lowest BCUT2D eigenvalue weighted by Gasteiger charge is -2.07. The largest absolute Gasteiger partial charge is 0.298 e. The molecule has 0 amide bonds. The molecule has 0 radical (unpaired) electrons. The molecule has 0 atom stereocenters. The molecule has 1 rings (SSSR count). The highest BCUT2D eigenvalue weighted by atomic mass is 35.5. The molecule has 0 aliphatic carbocycles. The van der Waals surface area contributed by atoms with E-state index in [1.807, 2.05) is 0 Å². The molecule has 0 saturated carbocycles. The van der Waals surface area contributed by atoms with E-state index in [0.29, 0.717) is 0 Å². The fourth-order valence-corrected chi connectivity index (χ4v) is 1.06. The van der Waals surface area contributed by atoms with Crippen LogP contribution >= 0.6 is 11.6 Å². The van der Waals surface area contributed by atoms with Gasteiger partial charge in [-0.3, -0.25) is 4.79 Å². The average molecular weight is 204 g/mol. The molecule has 1 aromatic rings. The highest BCUT2D eigenvalue weighted by molar-refractivity contribution is 6.27. The Morgan fingerprint density at radius 3 is 2.62 bits per heavy atom. The van der Waals surface area contributed by atoms with Gasteiger partial charge in [-0.1, -0.05) is 18.2 Å². The van der Waals surface area contributed by atoms with Crippen LogP contribution in [-0.2, 0) is 11.2 Å². The molecule has 1 aromatic carbocycles. The summed E-state index contributed by atoms with van der Waals surface area (Å²) < 4.78 is 52.2. The Morgan fingerprint density at radius 1 is 1.54 bits per heavy atom. The first-order chi connectivity index (χ1) is 8.96. The smallest absolute Gasteiger partial charge is 0.151 e. The summed E-state index contributed by atoms with van der Waals surface area (Å²) in [5.74, 6) is -0.802. The molecule has 2 heteroatoms. The molecule has 0 N–H and O–H groups in total. The Labute approximate surface area is 93.6 Å². The van der Waals surface area contributed by atoms with E-state index in [1.54, 1.807) is 0 Å². The Balaban J connectivity index is 3.58. The third kappa shape index (κ3) is 2.56. The standard InChI is InChI=1S/C11H13ClO/c1-8-4-3-5-9(2)11(8)6-10(13)7-12/h3-5H,6-7H2,1-2H3/i1D3,2D3,3D. The van der Waals surface area contributed by atoms with E-state index in [1.165, 1.54) is 0 Å². The van der Waals surface area contributed by atoms with Crippen LogP contribution in [0.3, 0.4) is 0 Å². The van der Waals surface area contributed by atoms with Crippen molar-refractivity contribution in [1.29, 1.82) is 0 Å². The van der Waals surface area contributed by atoms with E-state index in [0.717, 1.165) is 12.1 Å². The van der Waals surface area contributed by atoms with Gasteiger partial charge in [-0.2, -0.15) is 0 Å². The zero-order valence-electron chi connectivity index (χ0n) is 13.9. The fraction of sp³-hybridized carbons (Fsp3) is 0.364. The zero-order chi connectivity index (χ0) is 15.7. The van der Waals surface area contributed by atoms with E-state index in [2.05, 4.69) is 0 Å². The van der Waals surface area contributed by atoms with Gasteiger partial charge < -0.3 is 0 Å². The number of Topliss-reactive ketones (excluding diaryl/α,β-unsaturated/α-hetero) is 1. The number of alkyl halides is 1. The maximum Gasteiger partial charge on any atom is 0.151 e. The number of carbonyl (C=O) groups excluding carboxylic acids is 1. The summed E-state index contributed by atoms with van der Waals surface area (Å²) in [5.41, 5.74) is -0.643. The minimum atomic E-state index is -2.60. The summed E-state index contributed by atoms with van der Waals surface area (Å²) in [6.45, 7) is -5.20. The van der Waals surface area contributed by atoms with Gasteiger partial charge in [0.25, 0.3) is 0 Å². The molecule has 0 unspecified atom stereocenters. The maximum atomic E-state index is 11.5. The first-order valence-corrected chi connectivity index (χ1v) is 4.22. The number of carbonyl (C=O) groups is 1. The second kappa shape index (κ2) is 4.43. The monoisotopic (exact) mass is 203 g/mol. The first-order valence-electron chi connectivity index (χ1n) is 7.19. The summed E-state index contributed by atoms with van der Waals surface area (Å²) in [6.07, 6.45) is -0.370. The van der Waals surface area contributed by atoms with Gasteiger partial charge in [0, 0.05) is 14.6 Å². The molecular weight excluding hydrogens is 184 g/mol. The van der Waals surface area contributed by atoms with Gasteiger partial charge >= 0.3 is 0 Å². The highest BCUT2D eigenvalue weighted by Crippen LogP contribution is 2.14. The normalized spacial score (nSPS) is 19.9. The Kier molecular flexibility index (Phi) is 1.41. The van der Waals surface area contributed by atoms with Crippen LogP contribution in [0.15, 0.2) is 18.2 Å². The van der Waals surface area contributed by atoms with Gasteiger partial charge in [-0.25, -0.2) is 0 Å². The molecular formula is C11H13ClO. The molecule has 0 aliphatic heterocycles. The third-order valence-electron chi connectivity index (χ3n) is 1.63. The van der Waals surface area contributed by atoms with Crippen molar-refractivity contribution in [2.24, 2.45) is 0 Å². The van der Waals surface area contributed by atoms with Crippen LogP contribution in [0, 0.1) is 13.7 Å². The molecule has 0 aliphatic rings. The van der Waals surface area contributed by atoms with Crippen LogP contribution in [0.25, 0.3) is 0 Å². The van der Waals surface area contributed by atoms with Crippen molar-refractivity contribution in [1.82, 2.24) is 0 Å². The first kappa shape index (κ1) is 4.14. The maximum absolute atomic E-state index is 11.5. The lowest BCUT2D eigenvalue weighted by atomic mass is 9.99. The van der Waals surface area contributed by atoms with E-state index in [-0.39, 0.29) is 35.0 Å². The van der Waals surface area contributed by atoms with Gasteiger partial charge in [0.15, 0.2) is 5.78 Å². The van der Waals surface area contributed by atoms with Crippen molar-refractivity contribution in [3.63, 3.8) is 0 Å². The SMILES string of the molecule is [2H]c1cc(C([2H])([2H])[2H])c(CC(=O)CCl)c(C([2H])([2H])[2H])c1. The van der Waals surface area contributed by atoms with Crippen molar-refractivity contribution in [2.45, 2.75) is 20.1 Å². The topological polar surface area (TPSA) is 17.1 Å². The van der Waals surface area contributed by atoms with Crippen LogP contribution in [0.2, 0.25) is 0 Å². The summed E-state index contributed by atoms with van der Waals surface area (Å²) >= 11 is 5.40. The number of aryl methyl sites for hydroxylation is 2. The lowest BCUT2D eigenvalue weighted by molar-refractivity contribution is -0.116. The van der Waals surface area contributed by atoms with Crippen molar-refractivity contribution in [3.8, 4) is 0 Å². The van der Waals surface area contributed by atoms with Crippen LogP contribution in [0.5, 0.6) is 0 Å². The fourth-order valence-electron chi connectivity index (χ4n) is 0.963. The van der Waals surface area contributed by atoms with Crippen LogP contribution in [0.1, 0.15) is 26.3 Å². The van der Waals surface area contributed by atoms with E-state index >= 15 is 0 Å². The molecule has 0 heterocycles. The number of hydrogen-bond donors (Lipinski definition) is 0. The summed E-state index contributed by atoms with van der Waals surface area (Å²) in [4.78, 5) is 11.5. The number of hydrogen-bond acceptors (Lipinski definition) is 1. The summed E-state index contributed by atoms with van der Waals surface area (Å²) in [7, 11) is 0. The quantitative estimate of drug-likeness (QED) is 0.691. The van der Waals surface area contributed by atoms with Crippen molar-refractivity contribution in [2.75, 3.05) is 5.88 Å². The average Bonchev–Trinajstić information content (AvgIpc) is 2.27. The second-order valence-corrected chi connectivity index (χ2v) is 2.88. The number of benzene rings is 1. The Morgan fingerprint density at radius 2 is 2.15 bits per heavy atom. The van der Waals surface area contributed by atoms with Crippen LogP contribution < -0.4 is 0 Å². The van der Waals surface area contributed by atoms with Crippen LogP contribution in [0.4, 0.5) is 0 Å². The van der Waals surface area contributed by atoms with Crippen molar-refractivity contribution < 1.29 is 14.4 Å². The van der Waals surface area contributed by atoms with Gasteiger partial charge in [0.05, 0.1) is 7.25 Å². The highest BCUT2D eigenvalue weighted by Gasteiger charge is 2.06. The predicted octanol–water partition coefficient (Wildman–Crippen LogP) is 2.65. The molecule has 13 heavy (non-hydrogen) atoms. The van der Waals surface area contributed by atoms with Gasteiger partial charge in [-0.15, -0.1) is 11.6 Å². The number of halogens is 1. The second-order valence-electron chi connectivity index (χ2n) is 2.61. The Hall–Kier alpha value is -0.820. The summed E-state index contributed by atoms with van der Waals surface area (Å²) in [6, 6.07) is 1.92. The van der Waals surface area contributed by atoms with Crippen LogP contribution in [-0.4, -0.2) is 11.7 Å². The van der Waals surface area contributed by atoms with Crippen molar-refractivity contribution >= 4 is 17.4 Å². The minimum absolute atomic E-state index is 0.0772. The van der Waals surface area contributed by atoms with Gasteiger partial charge in [0.2, 0.25) is 0 Å². The summed E-state index contributed by atoms with van der Waals surface area (Å²) in [5, 5.41) is 0. The third-order valence-corrected chi connectivity index (χ3v) is 1.93. The van der Waals surface area contributed by atoms with E-state index in [9.17, 15) is 4.79 Å². The molecule has 0 bridgehead atoms. The lowest BCUT2D eigenvalue weighted by Crippen LogP contribution is -2.06. The number of ketones is 1. The predicted molar refractivity (Wildman–Crippen MR) is 55.3 cm³/mol. The molecule has 0 saturated heterocycles. The molecule has 0 fully saturated rings. The van der Waals surface area contributed by atoms with E-state index < -0.39 is 19.5 Å². The van der Waals surface area contributed by atoms with Crippen molar-refractivity contribution in [3.05, 3.63) is 34.9 Å². The van der Waals surface area contributed by atoms with Gasteiger partial charge in [0.1, 0.15) is 0 Å².